The average Bonchev–Trinajstić information content (AvgIpc) is 2.79. The third kappa shape index (κ3) is 4.14. The number of hydrogen-bond donors (Lipinski definition) is 1. The van der Waals surface area contributed by atoms with E-state index in [0.717, 1.165) is 53.8 Å². The predicted octanol–water partition coefficient (Wildman–Crippen LogP) is 4.88. The van der Waals surface area contributed by atoms with Crippen molar-refractivity contribution < 1.29 is 9.59 Å². The fraction of sp³-hybridized carbons (Fsp3) is 0.292. The van der Waals surface area contributed by atoms with Crippen LogP contribution in [0.15, 0.2) is 54.6 Å². The molecule has 1 fully saturated rings. The molecule has 3 aromatic rings. The van der Waals surface area contributed by atoms with E-state index in [1.165, 1.54) is 6.42 Å². The van der Waals surface area contributed by atoms with Crippen LogP contribution < -0.4 is 5.32 Å². The Bertz CT molecular complexity index is 1040. The number of likely N-dealkylation sites (tertiary alicyclic amines) is 1. The molecule has 0 saturated carbocycles. The van der Waals surface area contributed by atoms with E-state index in [2.05, 4.69) is 5.32 Å². The fourth-order valence-corrected chi connectivity index (χ4v) is 3.74. The summed E-state index contributed by atoms with van der Waals surface area (Å²) >= 11 is 0. The first-order valence-electron chi connectivity index (χ1n) is 10.2. The minimum atomic E-state index is -0.0176. The molecule has 0 atom stereocenters. The number of piperidine rings is 1. The van der Waals surface area contributed by atoms with Gasteiger partial charge in [0.1, 0.15) is 0 Å². The Morgan fingerprint density at radius 1 is 1.00 bits per heavy atom. The lowest BCUT2D eigenvalue weighted by atomic mass is 10.0. The summed E-state index contributed by atoms with van der Waals surface area (Å²) < 4.78 is 0. The molecule has 148 valence electrons. The number of carbonyl (C=O) groups excluding carboxylic acids is 2. The molecule has 1 saturated heterocycles. The highest BCUT2D eigenvalue weighted by molar-refractivity contribution is 6.07. The molecule has 2 heterocycles. The Balaban J connectivity index is 1.72. The second kappa shape index (κ2) is 8.43. The first-order valence-corrected chi connectivity index (χ1v) is 10.2. The summed E-state index contributed by atoms with van der Waals surface area (Å²) in [6, 6.07) is 17.3. The number of amides is 2. The first-order chi connectivity index (χ1) is 14.2. The minimum Gasteiger partial charge on any atom is -0.339 e. The maximum Gasteiger partial charge on any atom is 0.254 e. The van der Waals surface area contributed by atoms with E-state index in [1.807, 2.05) is 66.4 Å². The summed E-state index contributed by atoms with van der Waals surface area (Å²) in [6.45, 7) is 3.46. The molecule has 1 aliphatic heterocycles. The van der Waals surface area contributed by atoms with Crippen molar-refractivity contribution in [2.24, 2.45) is 0 Å². The number of aromatic nitrogens is 1. The van der Waals surface area contributed by atoms with Gasteiger partial charge in [0.2, 0.25) is 5.91 Å². The van der Waals surface area contributed by atoms with Crippen molar-refractivity contribution in [2.45, 2.75) is 32.6 Å². The van der Waals surface area contributed by atoms with Gasteiger partial charge in [-0.05, 0) is 43.5 Å². The third-order valence-corrected chi connectivity index (χ3v) is 5.38. The van der Waals surface area contributed by atoms with Gasteiger partial charge in [-0.3, -0.25) is 9.59 Å². The zero-order valence-corrected chi connectivity index (χ0v) is 16.6. The summed E-state index contributed by atoms with van der Waals surface area (Å²) in [5.74, 6) is 0.0624. The summed E-state index contributed by atoms with van der Waals surface area (Å²) in [4.78, 5) is 31.6. The van der Waals surface area contributed by atoms with Crippen LogP contribution in [0.1, 0.15) is 43.0 Å². The predicted molar refractivity (Wildman–Crippen MR) is 116 cm³/mol. The average molecular weight is 387 g/mol. The third-order valence-electron chi connectivity index (χ3n) is 5.38. The highest BCUT2D eigenvalue weighted by Crippen LogP contribution is 2.27. The number of pyridine rings is 1. The summed E-state index contributed by atoms with van der Waals surface area (Å²) in [5, 5.41) is 3.74. The summed E-state index contributed by atoms with van der Waals surface area (Å²) in [6.07, 6.45) is 3.75. The molecule has 29 heavy (non-hydrogen) atoms. The molecule has 5 heteroatoms. The van der Waals surface area contributed by atoms with Gasteiger partial charge in [0.05, 0.1) is 16.8 Å². The van der Waals surface area contributed by atoms with Gasteiger partial charge in [-0.25, -0.2) is 4.98 Å². The van der Waals surface area contributed by atoms with Crippen molar-refractivity contribution in [1.29, 1.82) is 0 Å². The van der Waals surface area contributed by atoms with E-state index < -0.39 is 0 Å². The van der Waals surface area contributed by atoms with E-state index in [9.17, 15) is 9.59 Å². The maximum absolute atomic E-state index is 13.3. The second-order valence-corrected chi connectivity index (χ2v) is 7.40. The van der Waals surface area contributed by atoms with Gasteiger partial charge in [0.25, 0.3) is 5.91 Å². The van der Waals surface area contributed by atoms with E-state index in [0.29, 0.717) is 12.0 Å². The lowest BCUT2D eigenvalue weighted by Gasteiger charge is -2.27. The van der Waals surface area contributed by atoms with Gasteiger partial charge in [0, 0.05) is 36.1 Å². The van der Waals surface area contributed by atoms with E-state index >= 15 is 0 Å². The van der Waals surface area contributed by atoms with Crippen molar-refractivity contribution in [2.75, 3.05) is 18.4 Å². The standard InChI is InChI=1S/C24H25N3O2/c1-2-23(28)25-18-12-10-17(11-13-18)22-16-20(19-8-4-5-9-21(19)26-22)24(29)27-14-6-3-7-15-27/h4-5,8-13,16H,2-3,6-7,14-15H2,1H3,(H,25,28). The van der Waals surface area contributed by atoms with Crippen LogP contribution >= 0.6 is 0 Å². The monoisotopic (exact) mass is 387 g/mol. The van der Waals surface area contributed by atoms with Crippen molar-refractivity contribution >= 4 is 28.4 Å². The van der Waals surface area contributed by atoms with Gasteiger partial charge >= 0.3 is 0 Å². The second-order valence-electron chi connectivity index (χ2n) is 7.40. The molecule has 1 aromatic heterocycles. The molecular weight excluding hydrogens is 362 g/mol. The van der Waals surface area contributed by atoms with Gasteiger partial charge in [0.15, 0.2) is 0 Å². The quantitative estimate of drug-likeness (QED) is 0.694. The number of fused-ring (bicyclic) bond motifs is 1. The van der Waals surface area contributed by atoms with Gasteiger partial charge < -0.3 is 10.2 Å². The summed E-state index contributed by atoms with van der Waals surface area (Å²) in [5.41, 5.74) is 3.95. The van der Waals surface area contributed by atoms with E-state index in [-0.39, 0.29) is 11.8 Å². The van der Waals surface area contributed by atoms with Crippen LogP contribution in [-0.2, 0) is 4.79 Å². The largest absolute Gasteiger partial charge is 0.339 e. The van der Waals surface area contributed by atoms with Crippen molar-refractivity contribution in [3.05, 3.63) is 60.2 Å². The van der Waals surface area contributed by atoms with Crippen LogP contribution in [-0.4, -0.2) is 34.8 Å². The fourth-order valence-electron chi connectivity index (χ4n) is 3.74. The van der Waals surface area contributed by atoms with Crippen LogP contribution in [0.2, 0.25) is 0 Å². The van der Waals surface area contributed by atoms with Gasteiger partial charge in [-0.15, -0.1) is 0 Å². The Morgan fingerprint density at radius 3 is 2.45 bits per heavy atom. The molecule has 5 nitrogen and oxygen atoms in total. The maximum atomic E-state index is 13.3. The minimum absolute atomic E-state index is 0.0176. The molecule has 4 rings (SSSR count). The molecule has 0 radical (unpaired) electrons. The normalized spacial score (nSPS) is 14.0. The van der Waals surface area contributed by atoms with Crippen LogP contribution in [0.4, 0.5) is 5.69 Å². The Labute approximate surface area is 170 Å². The lowest BCUT2D eigenvalue weighted by molar-refractivity contribution is -0.115. The highest BCUT2D eigenvalue weighted by Gasteiger charge is 2.21. The molecule has 0 aliphatic carbocycles. The molecule has 0 spiro atoms. The zero-order valence-electron chi connectivity index (χ0n) is 16.6. The number of nitrogens with zero attached hydrogens (tertiary/aromatic N) is 2. The molecule has 0 unspecified atom stereocenters. The topological polar surface area (TPSA) is 62.3 Å². The number of para-hydroxylation sites is 1. The van der Waals surface area contributed by atoms with Gasteiger partial charge in [-0.2, -0.15) is 0 Å². The Hall–Kier alpha value is -3.21. The lowest BCUT2D eigenvalue weighted by Crippen LogP contribution is -2.35. The number of rotatable bonds is 4. The van der Waals surface area contributed by atoms with Crippen LogP contribution in [0, 0.1) is 0 Å². The zero-order chi connectivity index (χ0) is 20.2. The Morgan fingerprint density at radius 2 is 1.72 bits per heavy atom. The number of anilines is 1. The smallest absolute Gasteiger partial charge is 0.254 e. The van der Waals surface area contributed by atoms with Gasteiger partial charge in [-0.1, -0.05) is 37.3 Å². The number of hydrogen-bond acceptors (Lipinski definition) is 3. The molecule has 1 N–H and O–H groups in total. The highest BCUT2D eigenvalue weighted by atomic mass is 16.2. The van der Waals surface area contributed by atoms with Crippen molar-refractivity contribution in [3.63, 3.8) is 0 Å². The molecule has 2 amide bonds. The van der Waals surface area contributed by atoms with E-state index in [1.54, 1.807) is 0 Å². The molecule has 0 bridgehead atoms. The number of carbonyl (C=O) groups is 2. The molecule has 2 aromatic carbocycles. The molecule has 1 aliphatic rings. The molecular formula is C24H25N3O2. The SMILES string of the molecule is CCC(=O)Nc1ccc(-c2cc(C(=O)N3CCCCC3)c3ccccc3n2)cc1. The van der Waals surface area contributed by atoms with Crippen molar-refractivity contribution in [1.82, 2.24) is 9.88 Å². The van der Waals surface area contributed by atoms with Crippen LogP contribution in [0.3, 0.4) is 0 Å². The number of nitrogens with one attached hydrogen (secondary N) is 1. The van der Waals surface area contributed by atoms with Crippen LogP contribution in [0.25, 0.3) is 22.2 Å². The number of benzene rings is 2. The Kier molecular flexibility index (Phi) is 5.56. The van der Waals surface area contributed by atoms with E-state index in [4.69, 9.17) is 4.98 Å². The van der Waals surface area contributed by atoms with Crippen molar-refractivity contribution in [3.8, 4) is 11.3 Å². The first kappa shape index (κ1) is 19.1. The summed E-state index contributed by atoms with van der Waals surface area (Å²) in [7, 11) is 0. The van der Waals surface area contributed by atoms with Crippen LogP contribution in [0.5, 0.6) is 0 Å².